The summed E-state index contributed by atoms with van der Waals surface area (Å²) in [5.41, 5.74) is 3.27. The van der Waals surface area contributed by atoms with E-state index in [1.165, 1.54) is 0 Å². The molecule has 1 fully saturated rings. The zero-order chi connectivity index (χ0) is 25.9. The summed E-state index contributed by atoms with van der Waals surface area (Å²) in [5.74, 6) is 1.68. The average Bonchev–Trinajstić information content (AvgIpc) is 3.36. The number of hydrogen-bond donors (Lipinski definition) is 0. The van der Waals surface area contributed by atoms with Gasteiger partial charge in [-0.25, -0.2) is 9.67 Å². The van der Waals surface area contributed by atoms with Gasteiger partial charge in [-0.05, 0) is 63.4 Å². The van der Waals surface area contributed by atoms with Crippen LogP contribution >= 0.6 is 0 Å². The lowest BCUT2D eigenvalue weighted by Crippen LogP contribution is -2.45. The molecule has 4 aromatic rings. The SMILES string of the molecule is COC[C@H](C)N1CCC[C@H](Cn2c(-c3cccnc3C)nc3cn(-c4cccc(OC)c4)nc3c2=O)C1. The third-order valence-electron chi connectivity index (χ3n) is 7.21. The maximum atomic E-state index is 14.0. The highest BCUT2D eigenvalue weighted by molar-refractivity contribution is 5.76. The number of hydrogen-bond acceptors (Lipinski definition) is 7. The van der Waals surface area contributed by atoms with Crippen molar-refractivity contribution in [2.45, 2.75) is 39.3 Å². The van der Waals surface area contributed by atoms with Crippen molar-refractivity contribution in [3.05, 3.63) is 64.8 Å². The molecule has 0 saturated carbocycles. The van der Waals surface area contributed by atoms with Crippen molar-refractivity contribution in [2.75, 3.05) is 33.9 Å². The number of likely N-dealkylation sites (tertiary alicyclic amines) is 1. The van der Waals surface area contributed by atoms with Crippen LogP contribution in [0.1, 0.15) is 25.5 Å². The third-order valence-corrected chi connectivity index (χ3v) is 7.21. The van der Waals surface area contributed by atoms with Crippen molar-refractivity contribution in [3.63, 3.8) is 0 Å². The topological polar surface area (TPSA) is 87.3 Å². The van der Waals surface area contributed by atoms with E-state index in [1.807, 2.05) is 47.9 Å². The Morgan fingerprint density at radius 1 is 1.19 bits per heavy atom. The minimum Gasteiger partial charge on any atom is -0.497 e. The summed E-state index contributed by atoms with van der Waals surface area (Å²) in [6, 6.07) is 11.8. The van der Waals surface area contributed by atoms with Crippen molar-refractivity contribution >= 4 is 11.0 Å². The molecule has 0 unspecified atom stereocenters. The molecule has 1 aliphatic rings. The van der Waals surface area contributed by atoms with Gasteiger partial charge in [-0.3, -0.25) is 19.2 Å². The Hall–Kier alpha value is -3.56. The molecule has 0 N–H and O–H groups in total. The summed E-state index contributed by atoms with van der Waals surface area (Å²) in [7, 11) is 3.37. The maximum Gasteiger partial charge on any atom is 0.282 e. The number of pyridine rings is 1. The van der Waals surface area contributed by atoms with Gasteiger partial charge >= 0.3 is 0 Å². The highest BCUT2D eigenvalue weighted by Crippen LogP contribution is 2.26. The fraction of sp³-hybridized carbons (Fsp3) is 0.429. The normalized spacial score (nSPS) is 17.2. The largest absolute Gasteiger partial charge is 0.497 e. The van der Waals surface area contributed by atoms with Crippen molar-refractivity contribution in [2.24, 2.45) is 5.92 Å². The molecule has 5 rings (SSSR count). The van der Waals surface area contributed by atoms with Crippen molar-refractivity contribution in [1.82, 2.24) is 29.2 Å². The lowest BCUT2D eigenvalue weighted by Gasteiger charge is -2.37. The lowest BCUT2D eigenvalue weighted by atomic mass is 9.96. The number of piperidine rings is 1. The van der Waals surface area contributed by atoms with Crippen molar-refractivity contribution in [3.8, 4) is 22.8 Å². The van der Waals surface area contributed by atoms with Gasteiger partial charge in [0.2, 0.25) is 0 Å². The minimum atomic E-state index is -0.132. The van der Waals surface area contributed by atoms with Crippen LogP contribution < -0.4 is 10.3 Å². The fourth-order valence-electron chi connectivity index (χ4n) is 5.23. The summed E-state index contributed by atoms with van der Waals surface area (Å²) in [5, 5.41) is 4.66. The number of benzene rings is 1. The van der Waals surface area contributed by atoms with Gasteiger partial charge in [-0.15, -0.1) is 0 Å². The Kier molecular flexibility index (Phi) is 7.34. The number of fused-ring (bicyclic) bond motifs is 1. The molecule has 9 nitrogen and oxygen atoms in total. The second kappa shape index (κ2) is 10.8. The second-order valence-corrected chi connectivity index (χ2v) is 9.80. The smallest absolute Gasteiger partial charge is 0.282 e. The Labute approximate surface area is 216 Å². The van der Waals surface area contributed by atoms with Crippen molar-refractivity contribution < 1.29 is 9.47 Å². The van der Waals surface area contributed by atoms with Crippen LogP contribution in [0.5, 0.6) is 5.75 Å². The van der Waals surface area contributed by atoms with Crippen LogP contribution in [0.15, 0.2) is 53.6 Å². The molecular formula is C28H34N6O3. The molecule has 2 atom stereocenters. The predicted octanol–water partition coefficient (Wildman–Crippen LogP) is 3.71. The fourth-order valence-corrected chi connectivity index (χ4v) is 5.23. The number of nitrogens with zero attached hydrogens (tertiary/aromatic N) is 6. The van der Waals surface area contributed by atoms with E-state index in [1.54, 1.807) is 31.3 Å². The number of aromatic nitrogens is 5. The quantitative estimate of drug-likeness (QED) is 0.363. The number of rotatable bonds is 8. The first-order valence-electron chi connectivity index (χ1n) is 12.8. The van der Waals surface area contributed by atoms with Crippen LogP contribution in [-0.4, -0.2) is 69.2 Å². The van der Waals surface area contributed by atoms with Gasteiger partial charge in [0, 0.05) is 49.8 Å². The molecule has 1 aliphatic heterocycles. The Morgan fingerprint density at radius 2 is 2.05 bits per heavy atom. The van der Waals surface area contributed by atoms with Gasteiger partial charge in [0.15, 0.2) is 5.52 Å². The summed E-state index contributed by atoms with van der Waals surface area (Å²) in [6.07, 6.45) is 5.72. The molecule has 0 bridgehead atoms. The average molecular weight is 503 g/mol. The van der Waals surface area contributed by atoms with E-state index < -0.39 is 0 Å². The summed E-state index contributed by atoms with van der Waals surface area (Å²) < 4.78 is 14.3. The van der Waals surface area contributed by atoms with E-state index >= 15 is 0 Å². The highest BCUT2D eigenvalue weighted by Gasteiger charge is 2.26. The Morgan fingerprint density at radius 3 is 2.84 bits per heavy atom. The first-order valence-corrected chi connectivity index (χ1v) is 12.8. The predicted molar refractivity (Wildman–Crippen MR) is 143 cm³/mol. The van der Waals surface area contributed by atoms with E-state index in [-0.39, 0.29) is 5.56 Å². The first-order chi connectivity index (χ1) is 18.0. The molecule has 0 amide bonds. The molecule has 0 radical (unpaired) electrons. The van der Waals surface area contributed by atoms with Crippen LogP contribution in [0.4, 0.5) is 0 Å². The van der Waals surface area contributed by atoms with E-state index in [9.17, 15) is 4.79 Å². The zero-order valence-corrected chi connectivity index (χ0v) is 21.9. The molecule has 0 spiro atoms. The zero-order valence-electron chi connectivity index (χ0n) is 21.9. The van der Waals surface area contributed by atoms with Gasteiger partial charge in [-0.1, -0.05) is 6.07 Å². The lowest BCUT2D eigenvalue weighted by molar-refractivity contribution is 0.0644. The van der Waals surface area contributed by atoms with E-state index in [0.29, 0.717) is 42.0 Å². The standard InChI is InChI=1S/C28H34N6O3/c1-19(18-36-3)32-13-7-8-21(15-32)16-33-27(24-11-6-12-29-20(24)2)30-25-17-34(31-26(25)28(33)35)22-9-5-10-23(14-22)37-4/h5-6,9-12,14,17,19,21H,7-8,13,15-16,18H2,1-4H3/t19-,21-/m0/s1. The van der Waals surface area contributed by atoms with Crippen LogP contribution in [0.3, 0.4) is 0 Å². The number of aryl methyl sites for hydroxylation is 1. The molecule has 1 aromatic carbocycles. The maximum absolute atomic E-state index is 14.0. The molecular weight excluding hydrogens is 468 g/mol. The van der Waals surface area contributed by atoms with Gasteiger partial charge in [0.1, 0.15) is 17.1 Å². The van der Waals surface area contributed by atoms with Crippen LogP contribution in [-0.2, 0) is 11.3 Å². The molecule has 3 aromatic heterocycles. The van der Waals surface area contributed by atoms with E-state index in [4.69, 9.17) is 14.5 Å². The minimum absolute atomic E-state index is 0.132. The number of ether oxygens (including phenoxy) is 2. The van der Waals surface area contributed by atoms with Gasteiger partial charge in [-0.2, -0.15) is 5.10 Å². The van der Waals surface area contributed by atoms with E-state index in [2.05, 4.69) is 21.9 Å². The molecule has 4 heterocycles. The van der Waals surface area contributed by atoms with E-state index in [0.717, 1.165) is 48.6 Å². The Balaban J connectivity index is 1.58. The summed E-state index contributed by atoms with van der Waals surface area (Å²) >= 11 is 0. The molecule has 9 heteroatoms. The van der Waals surface area contributed by atoms with Crippen molar-refractivity contribution in [1.29, 1.82) is 0 Å². The summed E-state index contributed by atoms with van der Waals surface area (Å²) in [6.45, 7) is 7.38. The molecule has 1 saturated heterocycles. The number of methoxy groups -OCH3 is 2. The summed E-state index contributed by atoms with van der Waals surface area (Å²) in [4.78, 5) is 25.9. The molecule has 194 valence electrons. The first kappa shape index (κ1) is 25.1. The second-order valence-electron chi connectivity index (χ2n) is 9.80. The third kappa shape index (κ3) is 5.14. The highest BCUT2D eigenvalue weighted by atomic mass is 16.5. The van der Waals surface area contributed by atoms with Crippen LogP contribution in [0.25, 0.3) is 28.1 Å². The van der Waals surface area contributed by atoms with Gasteiger partial charge < -0.3 is 9.47 Å². The Bertz CT molecular complexity index is 1450. The monoisotopic (exact) mass is 502 g/mol. The molecule has 0 aliphatic carbocycles. The van der Waals surface area contributed by atoms with Gasteiger partial charge in [0.05, 0.1) is 25.6 Å². The molecule has 37 heavy (non-hydrogen) atoms. The van der Waals surface area contributed by atoms with Gasteiger partial charge in [0.25, 0.3) is 5.56 Å². The van der Waals surface area contributed by atoms with Crippen LogP contribution in [0, 0.1) is 12.8 Å². The van der Waals surface area contributed by atoms with Crippen LogP contribution in [0.2, 0.25) is 0 Å².